The summed E-state index contributed by atoms with van der Waals surface area (Å²) in [7, 11) is 0. The third-order valence-electron chi connectivity index (χ3n) is 4.77. The van der Waals surface area contributed by atoms with Gasteiger partial charge in [-0.1, -0.05) is 20.3 Å². The number of hydrogen-bond acceptors (Lipinski definition) is 3. The van der Waals surface area contributed by atoms with E-state index in [2.05, 4.69) is 19.2 Å². The van der Waals surface area contributed by atoms with Crippen LogP contribution in [0.2, 0.25) is 0 Å². The van der Waals surface area contributed by atoms with E-state index in [1.165, 1.54) is 49.2 Å². The largest absolute Gasteiger partial charge is 0.316 e. The van der Waals surface area contributed by atoms with Gasteiger partial charge >= 0.3 is 0 Å². The molecule has 2 aliphatic rings. The van der Waals surface area contributed by atoms with E-state index in [4.69, 9.17) is 4.98 Å². The molecule has 1 fully saturated rings. The number of rotatable bonds is 4. The summed E-state index contributed by atoms with van der Waals surface area (Å²) in [6, 6.07) is 0. The molecular weight excluding hydrogens is 252 g/mol. The highest BCUT2D eigenvalue weighted by molar-refractivity contribution is 7.11. The van der Waals surface area contributed by atoms with Gasteiger partial charge in [-0.2, -0.15) is 0 Å². The van der Waals surface area contributed by atoms with Crippen LogP contribution in [0.3, 0.4) is 0 Å². The lowest BCUT2D eigenvalue weighted by atomic mass is 9.91. The van der Waals surface area contributed by atoms with Gasteiger partial charge in [0.05, 0.1) is 10.7 Å². The topological polar surface area (TPSA) is 24.9 Å². The normalized spacial score (nSPS) is 30.5. The highest BCUT2D eigenvalue weighted by Crippen LogP contribution is 2.43. The van der Waals surface area contributed by atoms with Gasteiger partial charge < -0.3 is 5.32 Å². The molecule has 3 rings (SSSR count). The van der Waals surface area contributed by atoms with Gasteiger partial charge in [-0.15, -0.1) is 11.3 Å². The summed E-state index contributed by atoms with van der Waals surface area (Å²) in [6.45, 7) is 6.77. The second kappa shape index (κ2) is 5.92. The molecular formula is C16H26N2S. The number of aromatic nitrogens is 1. The Labute approximate surface area is 121 Å². The van der Waals surface area contributed by atoms with Crippen LogP contribution in [0, 0.1) is 5.92 Å². The van der Waals surface area contributed by atoms with Crippen LogP contribution >= 0.6 is 11.3 Å². The highest BCUT2D eigenvalue weighted by Gasteiger charge is 2.29. The molecule has 1 N–H and O–H groups in total. The highest BCUT2D eigenvalue weighted by atomic mass is 32.1. The predicted molar refractivity (Wildman–Crippen MR) is 82.1 cm³/mol. The van der Waals surface area contributed by atoms with Gasteiger partial charge in [0, 0.05) is 23.3 Å². The van der Waals surface area contributed by atoms with Crippen molar-refractivity contribution in [3.05, 3.63) is 15.6 Å². The minimum Gasteiger partial charge on any atom is -0.316 e. The summed E-state index contributed by atoms with van der Waals surface area (Å²) < 4.78 is 0. The van der Waals surface area contributed by atoms with Crippen molar-refractivity contribution in [3.8, 4) is 0 Å². The van der Waals surface area contributed by atoms with Crippen molar-refractivity contribution >= 4 is 11.3 Å². The molecule has 106 valence electrons. The van der Waals surface area contributed by atoms with Crippen LogP contribution in [0.4, 0.5) is 0 Å². The van der Waals surface area contributed by atoms with Crippen molar-refractivity contribution in [2.75, 3.05) is 13.1 Å². The Morgan fingerprint density at radius 3 is 2.95 bits per heavy atom. The van der Waals surface area contributed by atoms with E-state index in [0.29, 0.717) is 5.92 Å². The molecule has 0 saturated heterocycles. The number of thiazole rings is 1. The molecule has 3 unspecified atom stereocenters. The maximum Gasteiger partial charge on any atom is 0.0962 e. The van der Waals surface area contributed by atoms with Crippen molar-refractivity contribution in [2.24, 2.45) is 5.92 Å². The first-order valence-corrected chi connectivity index (χ1v) is 8.79. The molecule has 1 aromatic heterocycles. The third kappa shape index (κ3) is 2.87. The standard InChI is InChI=1S/C16H26N2S/c1-3-17-10-13-5-4-6-14-15(13)18-16(19-14)12-8-7-11(2)9-12/h11-13,17H,3-10H2,1-2H3. The Balaban J connectivity index is 1.77. The van der Waals surface area contributed by atoms with E-state index in [9.17, 15) is 0 Å². The van der Waals surface area contributed by atoms with Crippen LogP contribution in [-0.4, -0.2) is 18.1 Å². The Bertz CT molecular complexity index is 426. The van der Waals surface area contributed by atoms with Crippen molar-refractivity contribution in [3.63, 3.8) is 0 Å². The number of aryl methyl sites for hydroxylation is 1. The molecule has 2 aliphatic carbocycles. The van der Waals surface area contributed by atoms with E-state index in [1.54, 1.807) is 4.88 Å². The molecule has 0 bridgehead atoms. The third-order valence-corrected chi connectivity index (χ3v) is 6.07. The SMILES string of the molecule is CCNCC1CCCc2sc(C3CCC(C)C3)nc21. The molecule has 0 amide bonds. The number of hydrogen-bond donors (Lipinski definition) is 1. The summed E-state index contributed by atoms with van der Waals surface area (Å²) >= 11 is 2.03. The van der Waals surface area contributed by atoms with E-state index in [0.717, 1.165) is 24.9 Å². The average Bonchev–Trinajstić information content (AvgIpc) is 3.02. The number of likely N-dealkylation sites (N-methyl/N-ethyl adjacent to an activating group) is 1. The smallest absolute Gasteiger partial charge is 0.0962 e. The van der Waals surface area contributed by atoms with E-state index < -0.39 is 0 Å². The predicted octanol–water partition coefficient (Wildman–Crippen LogP) is 4.08. The maximum atomic E-state index is 5.08. The Morgan fingerprint density at radius 2 is 2.21 bits per heavy atom. The lowest BCUT2D eigenvalue weighted by molar-refractivity contribution is 0.507. The van der Waals surface area contributed by atoms with Crippen molar-refractivity contribution in [2.45, 2.75) is 64.2 Å². The van der Waals surface area contributed by atoms with Gasteiger partial charge in [0.15, 0.2) is 0 Å². The number of nitrogens with one attached hydrogen (secondary N) is 1. The molecule has 0 aromatic carbocycles. The zero-order valence-corrected chi connectivity index (χ0v) is 13.1. The van der Waals surface area contributed by atoms with Crippen molar-refractivity contribution in [1.82, 2.24) is 10.3 Å². The fourth-order valence-electron chi connectivity index (χ4n) is 3.65. The molecule has 0 spiro atoms. The summed E-state index contributed by atoms with van der Waals surface area (Å²) in [6.07, 6.45) is 8.08. The average molecular weight is 278 g/mol. The molecule has 2 nitrogen and oxygen atoms in total. The Kier molecular flexibility index (Phi) is 4.23. The van der Waals surface area contributed by atoms with E-state index in [1.807, 2.05) is 11.3 Å². The molecule has 1 aromatic rings. The van der Waals surface area contributed by atoms with Crippen LogP contribution in [0.15, 0.2) is 0 Å². The van der Waals surface area contributed by atoms with Crippen LogP contribution in [0.5, 0.6) is 0 Å². The second-order valence-electron chi connectivity index (χ2n) is 6.37. The van der Waals surface area contributed by atoms with Crippen LogP contribution in [-0.2, 0) is 6.42 Å². The van der Waals surface area contributed by atoms with E-state index in [-0.39, 0.29) is 0 Å². The molecule has 3 heteroatoms. The minimum absolute atomic E-state index is 0.674. The van der Waals surface area contributed by atoms with Crippen LogP contribution in [0.25, 0.3) is 0 Å². The zero-order chi connectivity index (χ0) is 13.2. The van der Waals surface area contributed by atoms with E-state index >= 15 is 0 Å². The quantitative estimate of drug-likeness (QED) is 0.898. The van der Waals surface area contributed by atoms with Gasteiger partial charge in [-0.3, -0.25) is 0 Å². The summed E-state index contributed by atoms with van der Waals surface area (Å²) in [5, 5.41) is 4.97. The molecule has 1 saturated carbocycles. The van der Waals surface area contributed by atoms with Gasteiger partial charge in [0.2, 0.25) is 0 Å². The van der Waals surface area contributed by atoms with Gasteiger partial charge in [0.1, 0.15) is 0 Å². The Hall–Kier alpha value is -0.410. The first-order chi connectivity index (χ1) is 9.28. The first kappa shape index (κ1) is 13.6. The summed E-state index contributed by atoms with van der Waals surface area (Å²) in [5.74, 6) is 2.35. The van der Waals surface area contributed by atoms with Gasteiger partial charge in [-0.25, -0.2) is 4.98 Å². The number of nitrogens with zero attached hydrogens (tertiary/aromatic N) is 1. The van der Waals surface area contributed by atoms with Crippen molar-refractivity contribution < 1.29 is 0 Å². The lowest BCUT2D eigenvalue weighted by Gasteiger charge is -2.21. The minimum atomic E-state index is 0.674. The first-order valence-electron chi connectivity index (χ1n) is 7.98. The fourth-order valence-corrected chi connectivity index (χ4v) is 4.99. The lowest BCUT2D eigenvalue weighted by Crippen LogP contribution is -2.24. The van der Waals surface area contributed by atoms with Crippen LogP contribution < -0.4 is 5.32 Å². The maximum absolute atomic E-state index is 5.08. The molecule has 0 radical (unpaired) electrons. The molecule has 19 heavy (non-hydrogen) atoms. The van der Waals surface area contributed by atoms with Crippen molar-refractivity contribution in [1.29, 1.82) is 0 Å². The number of fused-ring (bicyclic) bond motifs is 1. The van der Waals surface area contributed by atoms with Gasteiger partial charge in [-0.05, 0) is 44.6 Å². The summed E-state index contributed by atoms with van der Waals surface area (Å²) in [4.78, 5) is 6.68. The monoisotopic (exact) mass is 278 g/mol. The second-order valence-corrected chi connectivity index (χ2v) is 7.49. The van der Waals surface area contributed by atoms with Gasteiger partial charge in [0.25, 0.3) is 0 Å². The molecule has 1 heterocycles. The zero-order valence-electron chi connectivity index (χ0n) is 12.2. The summed E-state index contributed by atoms with van der Waals surface area (Å²) in [5.41, 5.74) is 1.45. The fraction of sp³-hybridized carbons (Fsp3) is 0.812. The van der Waals surface area contributed by atoms with Crippen LogP contribution in [0.1, 0.15) is 73.4 Å². The Morgan fingerprint density at radius 1 is 1.32 bits per heavy atom. The molecule has 0 aliphatic heterocycles. The molecule has 3 atom stereocenters.